The van der Waals surface area contributed by atoms with Crippen LogP contribution < -0.4 is 5.32 Å². The molecule has 0 bridgehead atoms. The number of carbonyl (C=O) groups is 3. The summed E-state index contributed by atoms with van der Waals surface area (Å²) < 4.78 is 44.2. The van der Waals surface area contributed by atoms with Crippen molar-refractivity contribution in [2.75, 3.05) is 32.7 Å². The van der Waals surface area contributed by atoms with Crippen molar-refractivity contribution in [1.29, 1.82) is 0 Å². The zero-order chi connectivity index (χ0) is 23.5. The molecule has 0 atom stereocenters. The number of hydrogen-bond donors (Lipinski definition) is 1. The minimum Gasteiger partial charge on any atom is -0.395 e. The average Bonchev–Trinajstić information content (AvgIpc) is 3.27. The van der Waals surface area contributed by atoms with Crippen LogP contribution >= 0.6 is 0 Å². The van der Waals surface area contributed by atoms with E-state index in [1.54, 1.807) is 0 Å². The summed E-state index contributed by atoms with van der Waals surface area (Å²) in [6.07, 6.45) is -4.67. The molecule has 0 radical (unpaired) electrons. The minimum absolute atomic E-state index is 0.0229. The maximum Gasteiger partial charge on any atom is 0.433 e. The summed E-state index contributed by atoms with van der Waals surface area (Å²) >= 11 is 0. The van der Waals surface area contributed by atoms with E-state index in [9.17, 15) is 37.7 Å². The van der Waals surface area contributed by atoms with Crippen LogP contribution in [0.25, 0.3) is 0 Å². The topological polar surface area (TPSA) is 126 Å². The average molecular weight is 454 g/mol. The summed E-state index contributed by atoms with van der Waals surface area (Å²) in [7, 11) is 0. The number of hydrogen-bond acceptors (Lipinski definition) is 6. The molecule has 0 saturated carbocycles. The van der Waals surface area contributed by atoms with Crippen LogP contribution in [0.1, 0.15) is 26.5 Å². The Morgan fingerprint density at radius 3 is 2.25 bits per heavy atom. The van der Waals surface area contributed by atoms with Crippen molar-refractivity contribution >= 4 is 23.6 Å². The Hall–Kier alpha value is -3.90. The van der Waals surface area contributed by atoms with E-state index in [1.165, 1.54) is 21.9 Å². The van der Waals surface area contributed by atoms with Crippen LogP contribution in [0.4, 0.5) is 19.1 Å². The molecule has 3 rings (SSSR count). The predicted octanol–water partition coefficient (Wildman–Crippen LogP) is 1.92. The molecule has 10 nitrogen and oxygen atoms in total. The van der Waals surface area contributed by atoms with Gasteiger partial charge in [0.25, 0.3) is 11.8 Å². The fourth-order valence-corrected chi connectivity index (χ4v) is 3.15. The molecule has 170 valence electrons. The highest BCUT2D eigenvalue weighted by Gasteiger charge is 2.36. The highest BCUT2D eigenvalue weighted by atomic mass is 19.4. The predicted molar refractivity (Wildman–Crippen MR) is 102 cm³/mol. The highest BCUT2D eigenvalue weighted by molar-refractivity contribution is 5.96. The van der Waals surface area contributed by atoms with E-state index in [-0.39, 0.29) is 31.9 Å². The largest absolute Gasteiger partial charge is 0.433 e. The molecule has 0 aliphatic carbocycles. The number of carbonyl (C=O) groups excluding carboxylic acids is 3. The number of furan rings is 1. The second-order valence-electron chi connectivity index (χ2n) is 6.79. The Kier molecular flexibility index (Phi) is 6.46. The van der Waals surface area contributed by atoms with E-state index in [0.29, 0.717) is 0 Å². The first-order chi connectivity index (χ1) is 15.1. The molecule has 32 heavy (non-hydrogen) atoms. The minimum atomic E-state index is -4.67. The van der Waals surface area contributed by atoms with Gasteiger partial charge in [0.2, 0.25) is 5.91 Å². The van der Waals surface area contributed by atoms with E-state index in [0.717, 1.165) is 24.3 Å². The molecule has 1 aromatic heterocycles. The third kappa shape index (κ3) is 5.04. The van der Waals surface area contributed by atoms with E-state index in [4.69, 9.17) is 4.42 Å². The molecule has 1 N–H and O–H groups in total. The second-order valence-corrected chi connectivity index (χ2v) is 6.79. The normalized spacial score (nSPS) is 14.2. The lowest BCUT2D eigenvalue weighted by Crippen LogP contribution is -2.52. The van der Waals surface area contributed by atoms with Gasteiger partial charge in [0.15, 0.2) is 5.76 Å². The van der Waals surface area contributed by atoms with Crippen LogP contribution in [0.5, 0.6) is 0 Å². The summed E-state index contributed by atoms with van der Waals surface area (Å²) in [6, 6.07) is 6.59. The summed E-state index contributed by atoms with van der Waals surface area (Å²) in [4.78, 5) is 49.2. The van der Waals surface area contributed by atoms with Gasteiger partial charge in [0, 0.05) is 26.2 Å². The fraction of sp³-hybridized carbons (Fsp3) is 0.316. The highest BCUT2D eigenvalue weighted by Crippen LogP contribution is 2.32. The summed E-state index contributed by atoms with van der Waals surface area (Å²) in [5.74, 6) is -3.03. The Morgan fingerprint density at radius 1 is 1.03 bits per heavy atom. The van der Waals surface area contributed by atoms with Crippen LogP contribution in [-0.4, -0.2) is 65.2 Å². The monoisotopic (exact) mass is 454 g/mol. The van der Waals surface area contributed by atoms with Crippen molar-refractivity contribution in [1.82, 2.24) is 15.1 Å². The van der Waals surface area contributed by atoms with Crippen LogP contribution in [0.15, 0.2) is 40.8 Å². The van der Waals surface area contributed by atoms with Gasteiger partial charge in [-0.3, -0.25) is 24.5 Å². The Labute approximate surface area is 178 Å². The standard InChI is InChI=1S/C19H17F3N4O6/c20-19(21,22)13-4-2-1-3-12(13)18(29)25-9-7-24(8-10-25)15(27)11-23-17(28)14-5-6-16(32-14)26(30)31/h1-6H,7-11H2,(H,23,28). The van der Waals surface area contributed by atoms with Gasteiger partial charge in [-0.05, 0) is 18.2 Å². The Balaban J connectivity index is 1.53. The van der Waals surface area contributed by atoms with E-state index in [2.05, 4.69) is 5.32 Å². The first kappa shape index (κ1) is 22.8. The van der Waals surface area contributed by atoms with Gasteiger partial charge in [-0.15, -0.1) is 0 Å². The smallest absolute Gasteiger partial charge is 0.395 e. The van der Waals surface area contributed by atoms with Crippen molar-refractivity contribution in [2.24, 2.45) is 0 Å². The van der Waals surface area contributed by atoms with Crippen molar-refractivity contribution in [3.05, 3.63) is 63.4 Å². The maximum absolute atomic E-state index is 13.2. The van der Waals surface area contributed by atoms with Crippen molar-refractivity contribution in [3.63, 3.8) is 0 Å². The van der Waals surface area contributed by atoms with E-state index >= 15 is 0 Å². The number of alkyl halides is 3. The number of amides is 3. The molecular weight excluding hydrogens is 437 g/mol. The summed E-state index contributed by atoms with van der Waals surface area (Å²) in [6.45, 7) is -0.232. The SMILES string of the molecule is O=C(NCC(=O)N1CCN(C(=O)c2ccccc2C(F)(F)F)CC1)c1ccc([N+](=O)[O-])o1. The van der Waals surface area contributed by atoms with Gasteiger partial charge in [-0.2, -0.15) is 13.2 Å². The van der Waals surface area contributed by atoms with Crippen LogP contribution in [0.3, 0.4) is 0 Å². The lowest BCUT2D eigenvalue weighted by Gasteiger charge is -2.35. The molecule has 2 heterocycles. The van der Waals surface area contributed by atoms with Crippen molar-refractivity contribution in [3.8, 4) is 0 Å². The number of nitrogens with zero attached hydrogens (tertiary/aromatic N) is 3. The van der Waals surface area contributed by atoms with E-state index in [1.807, 2.05) is 0 Å². The Morgan fingerprint density at radius 2 is 1.66 bits per heavy atom. The van der Waals surface area contributed by atoms with Gasteiger partial charge < -0.3 is 19.5 Å². The third-order valence-electron chi connectivity index (χ3n) is 4.78. The van der Waals surface area contributed by atoms with Gasteiger partial charge >= 0.3 is 12.1 Å². The molecule has 0 spiro atoms. The summed E-state index contributed by atoms with van der Waals surface area (Å²) in [5.41, 5.74) is -1.48. The van der Waals surface area contributed by atoms with E-state index < -0.39 is 52.4 Å². The third-order valence-corrected chi connectivity index (χ3v) is 4.78. The van der Waals surface area contributed by atoms with Crippen LogP contribution in [0.2, 0.25) is 0 Å². The molecule has 3 amide bonds. The lowest BCUT2D eigenvalue weighted by molar-refractivity contribution is -0.402. The number of benzene rings is 1. The van der Waals surface area contributed by atoms with Crippen LogP contribution in [-0.2, 0) is 11.0 Å². The lowest BCUT2D eigenvalue weighted by atomic mass is 10.1. The number of halogens is 3. The molecule has 1 saturated heterocycles. The summed E-state index contributed by atoms with van der Waals surface area (Å²) in [5, 5.41) is 12.9. The van der Waals surface area contributed by atoms with Gasteiger partial charge in [0.05, 0.1) is 23.7 Å². The first-order valence-corrected chi connectivity index (χ1v) is 9.33. The number of nitrogens with one attached hydrogen (secondary N) is 1. The van der Waals surface area contributed by atoms with Crippen molar-refractivity contribution < 1.29 is 36.9 Å². The van der Waals surface area contributed by atoms with Crippen molar-refractivity contribution in [2.45, 2.75) is 6.18 Å². The molecular formula is C19H17F3N4O6. The Bertz CT molecular complexity index is 1040. The van der Waals surface area contributed by atoms with Crippen LogP contribution in [0, 0.1) is 10.1 Å². The fourth-order valence-electron chi connectivity index (χ4n) is 3.15. The number of nitro groups is 1. The van der Waals surface area contributed by atoms with Gasteiger partial charge in [-0.1, -0.05) is 12.1 Å². The molecule has 2 aromatic rings. The molecule has 0 unspecified atom stereocenters. The second kappa shape index (κ2) is 9.08. The van der Waals surface area contributed by atoms with Gasteiger partial charge in [0.1, 0.15) is 4.92 Å². The molecule has 1 aliphatic heterocycles. The number of rotatable bonds is 5. The number of piperazine rings is 1. The first-order valence-electron chi connectivity index (χ1n) is 9.33. The molecule has 1 fully saturated rings. The quantitative estimate of drug-likeness (QED) is 0.544. The molecule has 13 heteroatoms. The zero-order valence-corrected chi connectivity index (χ0v) is 16.4. The molecule has 1 aliphatic rings. The zero-order valence-electron chi connectivity index (χ0n) is 16.4. The maximum atomic E-state index is 13.2. The van der Waals surface area contributed by atoms with Gasteiger partial charge in [-0.25, -0.2) is 0 Å². The molecule has 1 aromatic carbocycles.